The first-order valence-electron chi connectivity index (χ1n) is 10.9. The Balaban J connectivity index is 0.00000289. The SMILES string of the molecule is CN=C(NCCNC(=O)c1ccccc1Cl)NC1CC2(CCCC2)Oc2ccccc21.I. The van der Waals surface area contributed by atoms with Crippen LogP contribution in [0.25, 0.3) is 0 Å². The number of nitrogens with one attached hydrogen (secondary N) is 3. The Morgan fingerprint density at radius 2 is 1.78 bits per heavy atom. The van der Waals surface area contributed by atoms with Gasteiger partial charge in [0.2, 0.25) is 0 Å². The molecule has 1 amide bonds. The summed E-state index contributed by atoms with van der Waals surface area (Å²) in [6.45, 7) is 1.00. The highest BCUT2D eigenvalue weighted by Crippen LogP contribution is 2.46. The molecule has 1 fully saturated rings. The second-order valence-corrected chi connectivity index (χ2v) is 8.57. The standard InChI is InChI=1S/C24H29ClN4O2.HI/c1-26-23(28-15-14-27-22(30)17-8-2-4-10-19(17)25)29-20-16-24(12-6-7-13-24)31-21-11-5-3-9-18(20)21;/h2-5,8-11,20H,6-7,12-16H2,1H3,(H,27,30)(H2,26,28,29);1H. The molecule has 0 saturated heterocycles. The minimum absolute atomic E-state index is 0. The molecule has 1 heterocycles. The molecule has 3 N–H and O–H groups in total. The lowest BCUT2D eigenvalue weighted by atomic mass is 9.86. The Bertz CT molecular complexity index is 963. The van der Waals surface area contributed by atoms with Crippen molar-refractivity contribution >= 4 is 47.4 Å². The Hall–Kier alpha value is -2.00. The van der Waals surface area contributed by atoms with Gasteiger partial charge in [-0.3, -0.25) is 9.79 Å². The van der Waals surface area contributed by atoms with Gasteiger partial charge in [-0.25, -0.2) is 0 Å². The molecule has 2 aromatic carbocycles. The largest absolute Gasteiger partial charge is 0.487 e. The van der Waals surface area contributed by atoms with E-state index in [4.69, 9.17) is 16.3 Å². The number of para-hydroxylation sites is 1. The van der Waals surface area contributed by atoms with Crippen molar-refractivity contribution in [2.24, 2.45) is 4.99 Å². The predicted molar refractivity (Wildman–Crippen MR) is 139 cm³/mol. The molecule has 4 rings (SSSR count). The van der Waals surface area contributed by atoms with Crippen molar-refractivity contribution in [3.05, 3.63) is 64.7 Å². The molecule has 0 bridgehead atoms. The Morgan fingerprint density at radius 1 is 1.09 bits per heavy atom. The summed E-state index contributed by atoms with van der Waals surface area (Å²) in [6, 6.07) is 15.4. The molecular formula is C24H30ClIN4O2. The monoisotopic (exact) mass is 568 g/mol. The van der Waals surface area contributed by atoms with Crippen LogP contribution in [0.1, 0.15) is 54.1 Å². The lowest BCUT2D eigenvalue weighted by Crippen LogP contribution is -2.47. The van der Waals surface area contributed by atoms with Crippen molar-refractivity contribution in [3.8, 4) is 5.75 Å². The molecule has 1 aliphatic heterocycles. The molecule has 1 atom stereocenters. The fourth-order valence-corrected chi connectivity index (χ4v) is 4.75. The van der Waals surface area contributed by atoms with Crippen molar-refractivity contribution in [1.29, 1.82) is 0 Å². The molecule has 32 heavy (non-hydrogen) atoms. The number of carbonyl (C=O) groups excluding carboxylic acids is 1. The first-order chi connectivity index (χ1) is 15.1. The highest BCUT2D eigenvalue weighted by molar-refractivity contribution is 14.0. The number of ether oxygens (including phenoxy) is 1. The van der Waals surface area contributed by atoms with E-state index >= 15 is 0 Å². The van der Waals surface area contributed by atoms with Crippen LogP contribution < -0.4 is 20.7 Å². The number of benzene rings is 2. The van der Waals surface area contributed by atoms with Crippen LogP contribution in [-0.2, 0) is 0 Å². The number of fused-ring (bicyclic) bond motifs is 1. The molecule has 1 unspecified atom stereocenters. The lowest BCUT2D eigenvalue weighted by Gasteiger charge is -2.40. The fourth-order valence-electron chi connectivity index (χ4n) is 4.53. The number of guanidine groups is 1. The smallest absolute Gasteiger partial charge is 0.252 e. The van der Waals surface area contributed by atoms with Gasteiger partial charge >= 0.3 is 0 Å². The second-order valence-electron chi connectivity index (χ2n) is 8.17. The van der Waals surface area contributed by atoms with Crippen LogP contribution in [-0.4, -0.2) is 37.6 Å². The van der Waals surface area contributed by atoms with Crippen molar-refractivity contribution in [1.82, 2.24) is 16.0 Å². The predicted octanol–water partition coefficient (Wildman–Crippen LogP) is 4.69. The summed E-state index contributed by atoms with van der Waals surface area (Å²) >= 11 is 6.09. The molecule has 0 aromatic heterocycles. The number of rotatable bonds is 5. The van der Waals surface area contributed by atoms with Gasteiger partial charge in [0.25, 0.3) is 5.91 Å². The van der Waals surface area contributed by atoms with E-state index in [1.54, 1.807) is 31.3 Å². The van der Waals surface area contributed by atoms with Crippen LogP contribution in [0.5, 0.6) is 5.75 Å². The van der Waals surface area contributed by atoms with E-state index in [1.807, 2.05) is 12.1 Å². The van der Waals surface area contributed by atoms with Crippen LogP contribution in [0.2, 0.25) is 5.02 Å². The number of hydrogen-bond acceptors (Lipinski definition) is 3. The van der Waals surface area contributed by atoms with Gasteiger partial charge in [-0.05, 0) is 43.9 Å². The summed E-state index contributed by atoms with van der Waals surface area (Å²) in [6.07, 6.45) is 5.55. The first kappa shape index (κ1) is 24.6. The summed E-state index contributed by atoms with van der Waals surface area (Å²) in [5.74, 6) is 1.49. The van der Waals surface area contributed by atoms with Crippen molar-refractivity contribution in [2.75, 3.05) is 20.1 Å². The van der Waals surface area contributed by atoms with Crippen molar-refractivity contribution in [2.45, 2.75) is 43.7 Å². The van der Waals surface area contributed by atoms with Gasteiger partial charge in [0, 0.05) is 32.1 Å². The van der Waals surface area contributed by atoms with Crippen LogP contribution in [0.4, 0.5) is 0 Å². The topological polar surface area (TPSA) is 74.8 Å². The Morgan fingerprint density at radius 3 is 2.53 bits per heavy atom. The maximum Gasteiger partial charge on any atom is 0.252 e. The molecule has 6 nitrogen and oxygen atoms in total. The second kappa shape index (κ2) is 11.2. The summed E-state index contributed by atoms with van der Waals surface area (Å²) in [4.78, 5) is 16.7. The van der Waals surface area contributed by atoms with Crippen LogP contribution in [0.3, 0.4) is 0 Å². The van der Waals surface area contributed by atoms with Crippen LogP contribution >= 0.6 is 35.6 Å². The third-order valence-corrected chi connectivity index (χ3v) is 6.40. The van der Waals surface area contributed by atoms with Gasteiger partial charge in [-0.1, -0.05) is 41.9 Å². The van der Waals surface area contributed by atoms with Gasteiger partial charge in [0.1, 0.15) is 11.4 Å². The molecule has 1 spiro atoms. The quantitative estimate of drug-likeness (QED) is 0.212. The highest BCUT2D eigenvalue weighted by Gasteiger charge is 2.43. The maximum atomic E-state index is 12.3. The number of aliphatic imine (C=N–C) groups is 1. The lowest BCUT2D eigenvalue weighted by molar-refractivity contribution is 0.0396. The van der Waals surface area contributed by atoms with Gasteiger partial charge in [-0.15, -0.1) is 24.0 Å². The minimum Gasteiger partial charge on any atom is -0.487 e. The van der Waals surface area contributed by atoms with Gasteiger partial charge < -0.3 is 20.7 Å². The molecule has 1 aliphatic carbocycles. The number of amides is 1. The summed E-state index contributed by atoms with van der Waals surface area (Å²) in [5.41, 5.74) is 1.57. The zero-order chi connectivity index (χ0) is 21.7. The number of hydrogen-bond donors (Lipinski definition) is 3. The van der Waals surface area contributed by atoms with E-state index in [-0.39, 0.29) is 41.5 Å². The van der Waals surface area contributed by atoms with Crippen LogP contribution in [0.15, 0.2) is 53.5 Å². The number of carbonyl (C=O) groups is 1. The first-order valence-corrected chi connectivity index (χ1v) is 11.3. The highest BCUT2D eigenvalue weighted by atomic mass is 127. The molecule has 0 radical (unpaired) electrons. The average Bonchev–Trinajstić information content (AvgIpc) is 3.23. The Labute approximate surface area is 211 Å². The minimum atomic E-state index is -0.183. The zero-order valence-electron chi connectivity index (χ0n) is 18.2. The third-order valence-electron chi connectivity index (χ3n) is 6.07. The molecule has 1 saturated carbocycles. The molecular weight excluding hydrogens is 539 g/mol. The summed E-state index contributed by atoms with van der Waals surface area (Å²) < 4.78 is 6.44. The molecule has 2 aromatic rings. The third kappa shape index (κ3) is 5.67. The molecule has 8 heteroatoms. The normalized spacial score (nSPS) is 18.8. The Kier molecular flexibility index (Phi) is 8.64. The van der Waals surface area contributed by atoms with Gasteiger partial charge in [-0.2, -0.15) is 0 Å². The van der Waals surface area contributed by atoms with Gasteiger partial charge in [0.15, 0.2) is 5.96 Å². The van der Waals surface area contributed by atoms with Gasteiger partial charge in [0.05, 0.1) is 16.6 Å². The molecule has 2 aliphatic rings. The number of nitrogens with zero attached hydrogens (tertiary/aromatic N) is 1. The maximum absolute atomic E-state index is 12.3. The van der Waals surface area contributed by atoms with Crippen molar-refractivity contribution < 1.29 is 9.53 Å². The summed E-state index contributed by atoms with van der Waals surface area (Å²) in [5, 5.41) is 10.2. The zero-order valence-corrected chi connectivity index (χ0v) is 21.3. The van der Waals surface area contributed by atoms with E-state index in [9.17, 15) is 4.79 Å². The van der Waals surface area contributed by atoms with Crippen LogP contribution in [0, 0.1) is 0 Å². The average molecular weight is 569 g/mol. The summed E-state index contributed by atoms with van der Waals surface area (Å²) in [7, 11) is 1.76. The van der Waals surface area contributed by atoms with Crippen molar-refractivity contribution in [3.63, 3.8) is 0 Å². The van der Waals surface area contributed by atoms with E-state index < -0.39 is 0 Å². The van der Waals surface area contributed by atoms with E-state index in [0.29, 0.717) is 29.6 Å². The molecule has 172 valence electrons. The van der Waals surface area contributed by atoms with E-state index in [1.165, 1.54) is 12.8 Å². The number of halogens is 2. The van der Waals surface area contributed by atoms with E-state index in [2.05, 4.69) is 33.1 Å². The fraction of sp³-hybridized carbons (Fsp3) is 0.417. The van der Waals surface area contributed by atoms with E-state index in [0.717, 1.165) is 30.6 Å².